The Morgan fingerprint density at radius 1 is 1.37 bits per heavy atom. The zero-order valence-corrected chi connectivity index (χ0v) is 10.5. The lowest BCUT2D eigenvalue weighted by molar-refractivity contribution is -0.136. The number of carbonyl (C=O) groups is 1. The van der Waals surface area contributed by atoms with Crippen LogP contribution in [0.5, 0.6) is 0 Å². The molecule has 0 fully saturated rings. The van der Waals surface area contributed by atoms with E-state index in [1.807, 2.05) is 24.3 Å². The quantitative estimate of drug-likeness (QED) is 0.565. The maximum atomic E-state index is 10.5. The molecule has 0 saturated heterocycles. The fourth-order valence-electron chi connectivity index (χ4n) is 1.72. The number of carboxylic acid groups (broad SMARTS) is 1. The van der Waals surface area contributed by atoms with E-state index < -0.39 is 5.97 Å². The van der Waals surface area contributed by atoms with Crippen molar-refractivity contribution >= 4 is 34.3 Å². The summed E-state index contributed by atoms with van der Waals surface area (Å²) in [7, 11) is 0. The Kier molecular flexibility index (Phi) is 3.00. The molecular weight excluding hydrogens is 266 g/mol. The molecule has 96 valence electrons. The second-order valence-electron chi connectivity index (χ2n) is 3.82. The third-order valence-electron chi connectivity index (χ3n) is 2.56. The largest absolute Gasteiger partial charge is 0.481 e. The van der Waals surface area contributed by atoms with Crippen molar-refractivity contribution < 1.29 is 9.90 Å². The summed E-state index contributed by atoms with van der Waals surface area (Å²) in [5.74, 6) is -0.406. The minimum Gasteiger partial charge on any atom is -0.481 e. The van der Waals surface area contributed by atoms with Gasteiger partial charge in [0.15, 0.2) is 10.8 Å². The van der Waals surface area contributed by atoms with Crippen molar-refractivity contribution in [2.75, 3.05) is 5.75 Å². The van der Waals surface area contributed by atoms with Crippen LogP contribution in [0.15, 0.2) is 29.4 Å². The lowest BCUT2D eigenvalue weighted by Crippen LogP contribution is -2.01. The number of hydrogen-bond acceptors (Lipinski definition) is 6. The minimum absolute atomic E-state index is 0.0722. The number of para-hydroxylation sites is 1. The monoisotopic (exact) mass is 275 g/mol. The van der Waals surface area contributed by atoms with Gasteiger partial charge in [0, 0.05) is 11.1 Å². The van der Waals surface area contributed by atoms with E-state index in [1.165, 1.54) is 16.3 Å². The van der Waals surface area contributed by atoms with Crippen molar-refractivity contribution in [3.8, 4) is 0 Å². The number of carboxylic acids is 1. The van der Waals surface area contributed by atoms with Gasteiger partial charge in [-0.05, 0) is 22.6 Å². The highest BCUT2D eigenvalue weighted by molar-refractivity contribution is 7.99. The SMILES string of the molecule is O=C(O)CCSc1nc2ccccc2c2nnnn12. The molecule has 0 spiro atoms. The van der Waals surface area contributed by atoms with Crippen molar-refractivity contribution in [3.05, 3.63) is 24.3 Å². The summed E-state index contributed by atoms with van der Waals surface area (Å²) in [5, 5.41) is 21.6. The first kappa shape index (κ1) is 11.8. The summed E-state index contributed by atoms with van der Waals surface area (Å²) in [5.41, 5.74) is 1.42. The van der Waals surface area contributed by atoms with E-state index in [2.05, 4.69) is 20.5 Å². The van der Waals surface area contributed by atoms with Crippen molar-refractivity contribution in [1.82, 2.24) is 25.0 Å². The topological polar surface area (TPSA) is 93.3 Å². The Morgan fingerprint density at radius 3 is 3.05 bits per heavy atom. The first-order chi connectivity index (χ1) is 9.25. The normalized spacial score (nSPS) is 11.2. The number of rotatable bonds is 4. The van der Waals surface area contributed by atoms with Crippen LogP contribution in [0.25, 0.3) is 16.6 Å². The van der Waals surface area contributed by atoms with Gasteiger partial charge in [0.25, 0.3) is 0 Å². The molecular formula is C11H9N5O2S. The molecule has 0 atom stereocenters. The van der Waals surface area contributed by atoms with Crippen LogP contribution >= 0.6 is 11.8 Å². The van der Waals surface area contributed by atoms with Crippen molar-refractivity contribution in [2.45, 2.75) is 11.6 Å². The molecule has 1 aromatic carbocycles. The number of thioether (sulfide) groups is 1. The van der Waals surface area contributed by atoms with Gasteiger partial charge in [-0.2, -0.15) is 4.52 Å². The van der Waals surface area contributed by atoms with Gasteiger partial charge < -0.3 is 5.11 Å². The van der Waals surface area contributed by atoms with E-state index in [0.717, 1.165) is 10.9 Å². The molecule has 7 nitrogen and oxygen atoms in total. The van der Waals surface area contributed by atoms with Gasteiger partial charge in [0.1, 0.15) is 0 Å². The second kappa shape index (κ2) is 4.81. The summed E-state index contributed by atoms with van der Waals surface area (Å²) in [6.07, 6.45) is 0.0722. The van der Waals surface area contributed by atoms with Crippen LogP contribution in [0.3, 0.4) is 0 Å². The molecule has 0 radical (unpaired) electrons. The van der Waals surface area contributed by atoms with Gasteiger partial charge in [-0.15, -0.1) is 5.10 Å². The number of tetrazole rings is 1. The van der Waals surface area contributed by atoms with Crippen LogP contribution < -0.4 is 0 Å². The summed E-state index contributed by atoms with van der Waals surface area (Å²) >= 11 is 1.33. The van der Waals surface area contributed by atoms with Crippen LogP contribution in [-0.4, -0.2) is 41.9 Å². The molecule has 0 saturated carbocycles. The maximum Gasteiger partial charge on any atom is 0.304 e. The van der Waals surface area contributed by atoms with Gasteiger partial charge >= 0.3 is 5.97 Å². The smallest absolute Gasteiger partial charge is 0.304 e. The molecule has 8 heteroatoms. The van der Waals surface area contributed by atoms with Gasteiger partial charge in [-0.25, -0.2) is 4.98 Å². The van der Waals surface area contributed by atoms with Crippen LogP contribution in [0.1, 0.15) is 6.42 Å². The molecule has 2 aromatic heterocycles. The summed E-state index contributed by atoms with van der Waals surface area (Å²) in [6, 6.07) is 7.57. The lowest BCUT2D eigenvalue weighted by Gasteiger charge is -2.04. The van der Waals surface area contributed by atoms with Crippen LogP contribution in [0.2, 0.25) is 0 Å². The van der Waals surface area contributed by atoms with Crippen molar-refractivity contribution in [2.24, 2.45) is 0 Å². The Hall–Kier alpha value is -2.22. The fraction of sp³-hybridized carbons (Fsp3) is 0.182. The zero-order chi connectivity index (χ0) is 13.2. The van der Waals surface area contributed by atoms with E-state index in [9.17, 15) is 4.79 Å². The Bertz CT molecular complexity index is 757. The Balaban J connectivity index is 2.06. The van der Waals surface area contributed by atoms with Crippen LogP contribution in [0.4, 0.5) is 0 Å². The van der Waals surface area contributed by atoms with E-state index in [1.54, 1.807) is 0 Å². The second-order valence-corrected chi connectivity index (χ2v) is 4.88. The number of aliphatic carboxylic acids is 1. The summed E-state index contributed by atoms with van der Waals surface area (Å²) in [6.45, 7) is 0. The molecule has 2 heterocycles. The molecule has 3 aromatic rings. The molecule has 1 N–H and O–H groups in total. The van der Waals surface area contributed by atoms with Gasteiger partial charge in [0.2, 0.25) is 0 Å². The minimum atomic E-state index is -0.832. The first-order valence-electron chi connectivity index (χ1n) is 5.57. The van der Waals surface area contributed by atoms with Gasteiger partial charge in [0.05, 0.1) is 11.9 Å². The lowest BCUT2D eigenvalue weighted by atomic mass is 10.2. The average molecular weight is 275 g/mol. The zero-order valence-electron chi connectivity index (χ0n) is 9.72. The number of nitrogens with zero attached hydrogens (tertiary/aromatic N) is 5. The predicted molar refractivity (Wildman–Crippen MR) is 69.1 cm³/mol. The molecule has 0 unspecified atom stereocenters. The Morgan fingerprint density at radius 2 is 2.21 bits per heavy atom. The highest BCUT2D eigenvalue weighted by Crippen LogP contribution is 2.22. The van der Waals surface area contributed by atoms with E-state index in [0.29, 0.717) is 16.6 Å². The summed E-state index contributed by atoms with van der Waals surface area (Å²) in [4.78, 5) is 15.0. The highest BCUT2D eigenvalue weighted by Gasteiger charge is 2.11. The molecule has 19 heavy (non-hydrogen) atoms. The third-order valence-corrected chi connectivity index (χ3v) is 3.49. The molecule has 0 bridgehead atoms. The predicted octanol–water partition coefficient (Wildman–Crippen LogP) is 1.24. The average Bonchev–Trinajstić information content (AvgIpc) is 2.88. The van der Waals surface area contributed by atoms with Gasteiger partial charge in [-0.1, -0.05) is 23.9 Å². The Labute approximate surface area is 111 Å². The number of hydrogen-bond donors (Lipinski definition) is 1. The highest BCUT2D eigenvalue weighted by atomic mass is 32.2. The maximum absolute atomic E-state index is 10.5. The van der Waals surface area contributed by atoms with E-state index in [-0.39, 0.29) is 6.42 Å². The number of fused-ring (bicyclic) bond motifs is 3. The molecule has 0 amide bonds. The first-order valence-corrected chi connectivity index (χ1v) is 6.56. The van der Waals surface area contributed by atoms with E-state index in [4.69, 9.17) is 5.11 Å². The fourth-order valence-corrected chi connectivity index (χ4v) is 2.58. The third kappa shape index (κ3) is 2.22. The molecule has 3 rings (SSSR count). The van der Waals surface area contributed by atoms with Crippen molar-refractivity contribution in [1.29, 1.82) is 0 Å². The summed E-state index contributed by atoms with van der Waals surface area (Å²) < 4.78 is 1.54. The molecule has 0 aliphatic rings. The van der Waals surface area contributed by atoms with Crippen molar-refractivity contribution in [3.63, 3.8) is 0 Å². The molecule has 0 aliphatic heterocycles. The van der Waals surface area contributed by atoms with Gasteiger partial charge in [-0.3, -0.25) is 4.79 Å². The molecule has 0 aliphatic carbocycles. The standard InChI is InChI=1S/C11H9N5O2S/c17-9(18)5-6-19-11-12-8-4-2-1-3-7(8)10-13-14-15-16(10)11/h1-4H,5-6H2,(H,17,18). The van der Waals surface area contributed by atoms with E-state index >= 15 is 0 Å². The number of benzene rings is 1. The van der Waals surface area contributed by atoms with Crippen LogP contribution in [0, 0.1) is 0 Å². The number of aromatic nitrogens is 5. The van der Waals surface area contributed by atoms with Crippen LogP contribution in [-0.2, 0) is 4.79 Å².